The van der Waals surface area contributed by atoms with Gasteiger partial charge in [-0.05, 0) is 12.0 Å². The molecule has 1 saturated heterocycles. The molecule has 1 aliphatic heterocycles. The summed E-state index contributed by atoms with van der Waals surface area (Å²) in [7, 11) is 1.62. The van der Waals surface area contributed by atoms with Crippen LogP contribution in [0.2, 0.25) is 0 Å². The number of benzene rings is 1. The minimum Gasteiger partial charge on any atom is -0.374 e. The molecule has 0 radical (unpaired) electrons. The van der Waals surface area contributed by atoms with Gasteiger partial charge in [-0.1, -0.05) is 30.3 Å². The molecule has 0 unspecified atom stereocenters. The Balaban J connectivity index is 1.86. The van der Waals surface area contributed by atoms with E-state index in [4.69, 9.17) is 14.2 Å². The average Bonchev–Trinajstić information content (AvgIpc) is 2.84. The third-order valence-electron chi connectivity index (χ3n) is 3.41. The first-order valence-electron chi connectivity index (χ1n) is 6.54. The molecule has 19 heavy (non-hydrogen) atoms. The highest BCUT2D eigenvalue weighted by Gasteiger charge is 2.40. The van der Waals surface area contributed by atoms with Gasteiger partial charge in [-0.25, -0.2) is 0 Å². The van der Waals surface area contributed by atoms with Crippen molar-refractivity contribution in [2.45, 2.75) is 37.8 Å². The number of hydrogen-bond acceptors (Lipinski definition) is 4. The Morgan fingerprint density at radius 2 is 2.21 bits per heavy atom. The van der Waals surface area contributed by atoms with Crippen LogP contribution in [-0.2, 0) is 25.6 Å². The maximum atomic E-state index is 10.8. The Labute approximate surface area is 113 Å². The lowest BCUT2D eigenvalue weighted by atomic mass is 9.98. The Morgan fingerprint density at radius 3 is 2.84 bits per heavy atom. The molecule has 1 heterocycles. The fourth-order valence-corrected chi connectivity index (χ4v) is 2.34. The van der Waals surface area contributed by atoms with Crippen molar-refractivity contribution < 1.29 is 19.0 Å². The first kappa shape index (κ1) is 14.2. The zero-order valence-electron chi connectivity index (χ0n) is 11.2. The summed E-state index contributed by atoms with van der Waals surface area (Å²) in [6.45, 7) is 0.947. The summed E-state index contributed by atoms with van der Waals surface area (Å²) in [4.78, 5) is 10.8. The van der Waals surface area contributed by atoms with Crippen LogP contribution in [0.25, 0.3) is 0 Å². The van der Waals surface area contributed by atoms with Crippen molar-refractivity contribution in [3.8, 4) is 0 Å². The Bertz CT molecular complexity index is 392. The minimum atomic E-state index is -0.517. The molecule has 0 aromatic heterocycles. The molecule has 104 valence electrons. The van der Waals surface area contributed by atoms with Gasteiger partial charge in [0.05, 0.1) is 13.2 Å². The maximum Gasteiger partial charge on any atom is 0.158 e. The highest BCUT2D eigenvalue weighted by molar-refractivity contribution is 5.51. The van der Waals surface area contributed by atoms with Crippen LogP contribution in [0.1, 0.15) is 24.8 Å². The molecular weight excluding hydrogens is 244 g/mol. The minimum absolute atomic E-state index is 0.222. The Kier molecular flexibility index (Phi) is 5.07. The van der Waals surface area contributed by atoms with E-state index in [9.17, 15) is 4.79 Å². The summed E-state index contributed by atoms with van der Waals surface area (Å²) >= 11 is 0. The van der Waals surface area contributed by atoms with Gasteiger partial charge in [0.2, 0.25) is 0 Å². The predicted molar refractivity (Wildman–Crippen MR) is 70.6 cm³/mol. The molecule has 4 heteroatoms. The second kappa shape index (κ2) is 6.80. The van der Waals surface area contributed by atoms with Crippen molar-refractivity contribution >= 4 is 6.29 Å². The summed E-state index contributed by atoms with van der Waals surface area (Å²) in [5.41, 5.74) is 0.599. The number of hydrogen-bond donors (Lipinski definition) is 0. The van der Waals surface area contributed by atoms with E-state index in [-0.39, 0.29) is 6.29 Å². The number of aldehydes is 1. The normalized spacial score (nSPS) is 26.5. The van der Waals surface area contributed by atoms with E-state index >= 15 is 0 Å². The highest BCUT2D eigenvalue weighted by atomic mass is 16.7. The lowest BCUT2D eigenvalue weighted by Gasteiger charge is -2.26. The van der Waals surface area contributed by atoms with Crippen LogP contribution in [-0.4, -0.2) is 31.9 Å². The third-order valence-corrected chi connectivity index (χ3v) is 3.41. The lowest BCUT2D eigenvalue weighted by molar-refractivity contribution is -0.176. The van der Waals surface area contributed by atoms with Crippen LogP contribution in [0.15, 0.2) is 30.3 Å². The standard InChI is InChI=1S/C15H20O4/c1-17-14-7-8-15(19-14,9-10-16)12-18-11-13-5-3-2-4-6-13/h2-6,10,14H,7-9,11-12H2,1H3/t14-,15-/m1/s1. The fraction of sp³-hybridized carbons (Fsp3) is 0.533. The van der Waals surface area contributed by atoms with E-state index in [0.29, 0.717) is 19.6 Å². The van der Waals surface area contributed by atoms with Gasteiger partial charge in [-0.2, -0.15) is 0 Å². The van der Waals surface area contributed by atoms with Crippen molar-refractivity contribution in [1.82, 2.24) is 0 Å². The number of rotatable bonds is 7. The molecule has 1 fully saturated rings. The van der Waals surface area contributed by atoms with Crippen molar-refractivity contribution in [2.75, 3.05) is 13.7 Å². The zero-order valence-corrected chi connectivity index (χ0v) is 11.2. The van der Waals surface area contributed by atoms with E-state index in [1.54, 1.807) is 7.11 Å². The summed E-state index contributed by atoms with van der Waals surface area (Å²) in [6, 6.07) is 9.96. The lowest BCUT2D eigenvalue weighted by Crippen LogP contribution is -2.35. The molecule has 0 amide bonds. The first-order chi connectivity index (χ1) is 9.28. The Morgan fingerprint density at radius 1 is 1.42 bits per heavy atom. The van der Waals surface area contributed by atoms with E-state index in [1.165, 1.54) is 0 Å². The smallest absolute Gasteiger partial charge is 0.158 e. The highest BCUT2D eigenvalue weighted by Crippen LogP contribution is 2.33. The summed E-state index contributed by atoms with van der Waals surface area (Å²) in [5.74, 6) is 0. The third kappa shape index (κ3) is 3.86. The van der Waals surface area contributed by atoms with Gasteiger partial charge >= 0.3 is 0 Å². The number of carbonyl (C=O) groups is 1. The molecule has 1 aromatic rings. The van der Waals surface area contributed by atoms with E-state index in [1.807, 2.05) is 30.3 Å². The summed E-state index contributed by atoms with van der Waals surface area (Å²) in [6.07, 6.45) is 2.61. The number of methoxy groups -OCH3 is 1. The first-order valence-corrected chi connectivity index (χ1v) is 6.54. The second-order valence-corrected chi connectivity index (χ2v) is 4.85. The molecule has 0 bridgehead atoms. The van der Waals surface area contributed by atoms with E-state index in [2.05, 4.69) is 0 Å². The van der Waals surface area contributed by atoms with Crippen LogP contribution in [0, 0.1) is 0 Å². The predicted octanol–water partition coefficient (Wildman–Crippen LogP) is 2.31. The SMILES string of the molecule is CO[C@H]1CC[C@@](CC=O)(COCc2ccccc2)O1. The van der Waals surface area contributed by atoms with Gasteiger partial charge in [0.1, 0.15) is 11.9 Å². The summed E-state index contributed by atoms with van der Waals surface area (Å²) < 4.78 is 16.7. The van der Waals surface area contributed by atoms with Crippen molar-refractivity contribution in [3.63, 3.8) is 0 Å². The number of ether oxygens (including phenoxy) is 3. The molecule has 2 atom stereocenters. The topological polar surface area (TPSA) is 44.8 Å². The van der Waals surface area contributed by atoms with Crippen LogP contribution in [0.5, 0.6) is 0 Å². The van der Waals surface area contributed by atoms with Crippen LogP contribution in [0.3, 0.4) is 0 Å². The van der Waals surface area contributed by atoms with Gasteiger partial charge in [0.15, 0.2) is 6.29 Å². The largest absolute Gasteiger partial charge is 0.374 e. The summed E-state index contributed by atoms with van der Waals surface area (Å²) in [5, 5.41) is 0. The van der Waals surface area contributed by atoms with E-state index < -0.39 is 5.60 Å². The molecule has 0 spiro atoms. The molecule has 0 aliphatic carbocycles. The Hall–Kier alpha value is -1.23. The van der Waals surface area contributed by atoms with Gasteiger partial charge in [0, 0.05) is 20.0 Å². The van der Waals surface area contributed by atoms with Crippen LogP contribution >= 0.6 is 0 Å². The van der Waals surface area contributed by atoms with Crippen molar-refractivity contribution in [3.05, 3.63) is 35.9 Å². The van der Waals surface area contributed by atoms with Crippen molar-refractivity contribution in [2.24, 2.45) is 0 Å². The average molecular weight is 264 g/mol. The maximum absolute atomic E-state index is 10.8. The van der Waals surface area contributed by atoms with Crippen molar-refractivity contribution in [1.29, 1.82) is 0 Å². The molecular formula is C15H20O4. The molecule has 1 aromatic carbocycles. The van der Waals surface area contributed by atoms with Crippen LogP contribution < -0.4 is 0 Å². The second-order valence-electron chi connectivity index (χ2n) is 4.85. The van der Waals surface area contributed by atoms with Gasteiger partial charge < -0.3 is 19.0 Å². The molecule has 2 rings (SSSR count). The zero-order chi connectivity index (χ0) is 13.6. The molecule has 4 nitrogen and oxygen atoms in total. The van der Waals surface area contributed by atoms with Gasteiger partial charge in [0.25, 0.3) is 0 Å². The van der Waals surface area contributed by atoms with E-state index in [0.717, 1.165) is 24.7 Å². The molecule has 0 saturated carbocycles. The number of carbonyl (C=O) groups excluding carboxylic acids is 1. The van der Waals surface area contributed by atoms with Gasteiger partial charge in [-0.15, -0.1) is 0 Å². The monoisotopic (exact) mass is 264 g/mol. The fourth-order valence-electron chi connectivity index (χ4n) is 2.34. The quantitative estimate of drug-likeness (QED) is 0.709. The van der Waals surface area contributed by atoms with Crippen LogP contribution in [0.4, 0.5) is 0 Å². The molecule has 0 N–H and O–H groups in total. The molecule has 1 aliphatic rings. The van der Waals surface area contributed by atoms with Gasteiger partial charge in [-0.3, -0.25) is 0 Å².